The van der Waals surface area contributed by atoms with Crippen LogP contribution in [0.3, 0.4) is 0 Å². The van der Waals surface area contributed by atoms with Gasteiger partial charge in [0.05, 0.1) is 6.54 Å². The summed E-state index contributed by atoms with van der Waals surface area (Å²) in [6.07, 6.45) is 2.47. The SMILES string of the molecule is CCNC(=NCC(OC)c1cccc(Cl)c1)NCCc1ccc(Cl)nc1. The Morgan fingerprint density at radius 1 is 1.23 bits per heavy atom. The third kappa shape index (κ3) is 6.83. The summed E-state index contributed by atoms with van der Waals surface area (Å²) >= 11 is 11.9. The lowest BCUT2D eigenvalue weighted by atomic mass is 10.1. The Hall–Kier alpha value is -1.82. The van der Waals surface area contributed by atoms with E-state index in [0.717, 1.165) is 36.6 Å². The molecule has 1 heterocycles. The van der Waals surface area contributed by atoms with E-state index in [-0.39, 0.29) is 6.10 Å². The normalized spacial score (nSPS) is 12.7. The highest BCUT2D eigenvalue weighted by Crippen LogP contribution is 2.20. The lowest BCUT2D eigenvalue weighted by molar-refractivity contribution is 0.111. The summed E-state index contributed by atoms with van der Waals surface area (Å²) in [6.45, 7) is 4.05. The fraction of sp³-hybridized carbons (Fsp3) is 0.368. The van der Waals surface area contributed by atoms with E-state index < -0.39 is 0 Å². The molecule has 0 fully saturated rings. The van der Waals surface area contributed by atoms with Crippen LogP contribution in [0, 0.1) is 0 Å². The standard InChI is InChI=1S/C19H24Cl2N4O/c1-3-22-19(23-10-9-14-7-8-18(21)24-12-14)25-13-17(26-2)15-5-4-6-16(20)11-15/h4-8,11-12,17H,3,9-10,13H2,1-2H3,(H2,22,23,25). The maximum absolute atomic E-state index is 6.07. The zero-order chi connectivity index (χ0) is 18.8. The molecule has 1 aromatic heterocycles. The smallest absolute Gasteiger partial charge is 0.191 e. The first-order valence-electron chi connectivity index (χ1n) is 8.53. The molecule has 0 saturated heterocycles. The molecule has 1 aromatic carbocycles. The summed E-state index contributed by atoms with van der Waals surface area (Å²) < 4.78 is 5.56. The van der Waals surface area contributed by atoms with Crippen molar-refractivity contribution >= 4 is 29.2 Å². The van der Waals surface area contributed by atoms with Gasteiger partial charge in [-0.25, -0.2) is 4.98 Å². The van der Waals surface area contributed by atoms with Gasteiger partial charge in [0.15, 0.2) is 5.96 Å². The van der Waals surface area contributed by atoms with Gasteiger partial charge in [-0.15, -0.1) is 0 Å². The topological polar surface area (TPSA) is 58.5 Å². The predicted molar refractivity (Wildman–Crippen MR) is 108 cm³/mol. The molecule has 1 unspecified atom stereocenters. The zero-order valence-corrected chi connectivity index (χ0v) is 16.5. The van der Waals surface area contributed by atoms with Gasteiger partial charge in [0, 0.05) is 31.4 Å². The molecular weight excluding hydrogens is 371 g/mol. The Morgan fingerprint density at radius 2 is 2.08 bits per heavy atom. The van der Waals surface area contributed by atoms with Gasteiger partial charge in [-0.2, -0.15) is 0 Å². The highest BCUT2D eigenvalue weighted by Gasteiger charge is 2.11. The minimum absolute atomic E-state index is 0.148. The summed E-state index contributed by atoms with van der Waals surface area (Å²) in [5.74, 6) is 0.749. The molecule has 2 rings (SSSR count). The van der Waals surface area contributed by atoms with Crippen LogP contribution in [0.5, 0.6) is 0 Å². The average molecular weight is 395 g/mol. The Kier molecular flexibility index (Phi) is 8.68. The lowest BCUT2D eigenvalue weighted by Gasteiger charge is -2.16. The van der Waals surface area contributed by atoms with E-state index in [2.05, 4.69) is 20.6 Å². The summed E-state index contributed by atoms with van der Waals surface area (Å²) in [6, 6.07) is 11.4. The van der Waals surface area contributed by atoms with Crippen molar-refractivity contribution in [3.63, 3.8) is 0 Å². The summed E-state index contributed by atoms with van der Waals surface area (Å²) in [5.41, 5.74) is 2.12. The van der Waals surface area contributed by atoms with E-state index in [9.17, 15) is 0 Å². The van der Waals surface area contributed by atoms with E-state index in [4.69, 9.17) is 27.9 Å². The van der Waals surface area contributed by atoms with Crippen LogP contribution in [-0.4, -0.2) is 37.7 Å². The molecule has 7 heteroatoms. The van der Waals surface area contributed by atoms with Crippen molar-refractivity contribution in [2.75, 3.05) is 26.7 Å². The minimum Gasteiger partial charge on any atom is -0.375 e. The minimum atomic E-state index is -0.148. The predicted octanol–water partition coefficient (Wildman–Crippen LogP) is 3.87. The first-order chi connectivity index (χ1) is 12.6. The fourth-order valence-electron chi connectivity index (χ4n) is 2.42. The van der Waals surface area contributed by atoms with E-state index in [0.29, 0.717) is 16.7 Å². The van der Waals surface area contributed by atoms with Crippen molar-refractivity contribution in [1.29, 1.82) is 0 Å². The number of pyridine rings is 1. The molecule has 0 aliphatic rings. The number of hydrogen-bond donors (Lipinski definition) is 2. The molecule has 140 valence electrons. The van der Waals surface area contributed by atoms with Crippen LogP contribution in [0.1, 0.15) is 24.2 Å². The number of ether oxygens (including phenoxy) is 1. The third-order valence-corrected chi connectivity index (χ3v) is 4.22. The van der Waals surface area contributed by atoms with Gasteiger partial charge in [0.2, 0.25) is 0 Å². The van der Waals surface area contributed by atoms with Crippen LogP contribution in [0.15, 0.2) is 47.6 Å². The van der Waals surface area contributed by atoms with E-state index in [1.807, 2.05) is 37.3 Å². The van der Waals surface area contributed by atoms with Gasteiger partial charge in [-0.05, 0) is 42.7 Å². The van der Waals surface area contributed by atoms with Crippen molar-refractivity contribution in [1.82, 2.24) is 15.6 Å². The van der Waals surface area contributed by atoms with Gasteiger partial charge >= 0.3 is 0 Å². The van der Waals surface area contributed by atoms with Crippen LogP contribution in [0.2, 0.25) is 10.2 Å². The molecule has 0 aliphatic heterocycles. The molecule has 0 aliphatic carbocycles. The monoisotopic (exact) mass is 394 g/mol. The number of halogens is 2. The van der Waals surface area contributed by atoms with Crippen LogP contribution < -0.4 is 10.6 Å². The number of methoxy groups -OCH3 is 1. The Labute approximate surface area is 164 Å². The highest BCUT2D eigenvalue weighted by molar-refractivity contribution is 6.30. The molecule has 0 spiro atoms. The second kappa shape index (κ2) is 11.0. The van der Waals surface area contributed by atoms with Crippen LogP contribution >= 0.6 is 23.2 Å². The summed E-state index contributed by atoms with van der Waals surface area (Å²) in [5, 5.41) is 7.76. The third-order valence-electron chi connectivity index (χ3n) is 3.76. The molecule has 0 radical (unpaired) electrons. The highest BCUT2D eigenvalue weighted by atomic mass is 35.5. The van der Waals surface area contributed by atoms with Crippen molar-refractivity contribution in [2.45, 2.75) is 19.4 Å². The second-order valence-electron chi connectivity index (χ2n) is 5.66. The van der Waals surface area contributed by atoms with Crippen LogP contribution in [-0.2, 0) is 11.2 Å². The van der Waals surface area contributed by atoms with Gasteiger partial charge in [0.1, 0.15) is 11.3 Å². The number of hydrogen-bond acceptors (Lipinski definition) is 3. The van der Waals surface area contributed by atoms with Crippen LogP contribution in [0.4, 0.5) is 0 Å². The van der Waals surface area contributed by atoms with Crippen molar-refractivity contribution in [2.24, 2.45) is 4.99 Å². The number of nitrogens with zero attached hydrogens (tertiary/aromatic N) is 2. The number of aliphatic imine (C=N–C) groups is 1. The Bertz CT molecular complexity index is 707. The average Bonchev–Trinajstić information content (AvgIpc) is 2.64. The van der Waals surface area contributed by atoms with E-state index >= 15 is 0 Å². The van der Waals surface area contributed by atoms with E-state index in [1.54, 1.807) is 19.4 Å². The van der Waals surface area contributed by atoms with Crippen LogP contribution in [0.25, 0.3) is 0 Å². The van der Waals surface area contributed by atoms with Crippen molar-refractivity contribution in [3.8, 4) is 0 Å². The van der Waals surface area contributed by atoms with Crippen molar-refractivity contribution < 1.29 is 4.74 Å². The number of rotatable bonds is 8. The van der Waals surface area contributed by atoms with Gasteiger partial charge in [-0.1, -0.05) is 41.4 Å². The molecule has 2 aromatic rings. The molecule has 26 heavy (non-hydrogen) atoms. The number of benzene rings is 1. The lowest BCUT2D eigenvalue weighted by Crippen LogP contribution is -2.38. The molecule has 2 N–H and O–H groups in total. The first kappa shape index (κ1) is 20.5. The molecule has 0 bridgehead atoms. The zero-order valence-electron chi connectivity index (χ0n) is 15.0. The largest absolute Gasteiger partial charge is 0.375 e. The molecule has 0 amide bonds. The fourth-order valence-corrected chi connectivity index (χ4v) is 2.73. The van der Waals surface area contributed by atoms with Gasteiger partial charge < -0.3 is 15.4 Å². The molecular formula is C19H24Cl2N4O. The molecule has 1 atom stereocenters. The second-order valence-corrected chi connectivity index (χ2v) is 6.49. The Morgan fingerprint density at radius 3 is 2.73 bits per heavy atom. The summed E-state index contributed by atoms with van der Waals surface area (Å²) in [4.78, 5) is 8.71. The number of guanidine groups is 1. The summed E-state index contributed by atoms with van der Waals surface area (Å²) in [7, 11) is 1.68. The maximum Gasteiger partial charge on any atom is 0.191 e. The van der Waals surface area contributed by atoms with Crippen molar-refractivity contribution in [3.05, 3.63) is 63.9 Å². The van der Waals surface area contributed by atoms with Gasteiger partial charge in [0.25, 0.3) is 0 Å². The van der Waals surface area contributed by atoms with E-state index in [1.165, 1.54) is 0 Å². The maximum atomic E-state index is 6.07. The Balaban J connectivity index is 1.92. The van der Waals surface area contributed by atoms with Gasteiger partial charge in [-0.3, -0.25) is 4.99 Å². The molecule has 0 saturated carbocycles. The number of aromatic nitrogens is 1. The number of nitrogens with one attached hydrogen (secondary N) is 2. The quantitative estimate of drug-likeness (QED) is 0.405. The molecule has 5 nitrogen and oxygen atoms in total. The first-order valence-corrected chi connectivity index (χ1v) is 9.28.